The van der Waals surface area contributed by atoms with Crippen LogP contribution in [0.4, 0.5) is 0 Å². The van der Waals surface area contributed by atoms with Crippen LogP contribution in [-0.4, -0.2) is 23.4 Å². The van der Waals surface area contributed by atoms with Crippen molar-refractivity contribution < 1.29 is 9.67 Å². The highest BCUT2D eigenvalue weighted by Gasteiger charge is 2.37. The van der Waals surface area contributed by atoms with Crippen LogP contribution in [0.3, 0.4) is 0 Å². The summed E-state index contributed by atoms with van der Waals surface area (Å²) in [6, 6.07) is 3.44. The highest BCUT2D eigenvalue weighted by Crippen LogP contribution is 2.55. The number of aliphatic hydroxyl groups is 1. The van der Waals surface area contributed by atoms with Crippen LogP contribution in [-0.2, 0) is 9.91 Å². The summed E-state index contributed by atoms with van der Waals surface area (Å²) in [6.07, 6.45) is 1.58. The number of aromatic nitrogens is 1. The molecule has 1 aromatic heterocycles. The highest BCUT2D eigenvalue weighted by molar-refractivity contribution is 9.10. The summed E-state index contributed by atoms with van der Waals surface area (Å²) in [6.45, 7) is 4.64. The molecule has 5 heteroatoms. The van der Waals surface area contributed by atoms with Gasteiger partial charge in [-0.25, -0.2) is 0 Å². The average Bonchev–Trinajstić information content (AvgIpc) is 2.03. The molecule has 0 aliphatic heterocycles. The van der Waals surface area contributed by atoms with Gasteiger partial charge in [-0.15, -0.1) is 0 Å². The van der Waals surface area contributed by atoms with Crippen molar-refractivity contribution in [1.29, 1.82) is 0 Å². The number of rotatable bonds is 2. The van der Waals surface area contributed by atoms with Crippen LogP contribution in [0.1, 0.15) is 12.6 Å². The minimum atomic E-state index is -2.63. The zero-order chi connectivity index (χ0) is 11.0. The molecule has 0 radical (unpaired) electrons. The van der Waals surface area contributed by atoms with E-state index >= 15 is 0 Å². The van der Waals surface area contributed by atoms with Crippen molar-refractivity contribution in [2.45, 2.75) is 12.3 Å². The van der Waals surface area contributed by atoms with Crippen molar-refractivity contribution in [3.8, 4) is 0 Å². The first kappa shape index (κ1) is 11.9. The van der Waals surface area contributed by atoms with Crippen LogP contribution in [0.15, 0.2) is 22.8 Å². The summed E-state index contributed by atoms with van der Waals surface area (Å²) in [4.78, 5) is 4.05. The van der Waals surface area contributed by atoms with E-state index in [2.05, 4.69) is 20.9 Å². The number of hydrogen-bond acceptors (Lipinski definition) is 3. The van der Waals surface area contributed by atoms with Crippen LogP contribution in [0.25, 0.3) is 0 Å². The van der Waals surface area contributed by atoms with E-state index in [1.807, 2.05) is 0 Å². The normalized spacial score (nSPS) is 16.4. The lowest BCUT2D eigenvalue weighted by Crippen LogP contribution is -2.21. The molecule has 0 aliphatic rings. The molecule has 0 saturated heterocycles. The Balaban J connectivity index is 3.17. The molecule has 1 rings (SSSR count). The van der Waals surface area contributed by atoms with Gasteiger partial charge in [0.15, 0.2) is 5.34 Å². The Hall–Kier alpha value is -0.180. The van der Waals surface area contributed by atoms with Gasteiger partial charge < -0.3 is 9.67 Å². The Morgan fingerprint density at radius 2 is 2.07 bits per heavy atom. The Morgan fingerprint density at radius 3 is 2.43 bits per heavy atom. The maximum Gasteiger partial charge on any atom is 0.155 e. The van der Waals surface area contributed by atoms with Gasteiger partial charge >= 0.3 is 0 Å². The predicted octanol–water partition coefficient (Wildman–Crippen LogP) is 2.63. The lowest BCUT2D eigenvalue weighted by atomic mass is 10.2. The molecule has 0 bridgehead atoms. The predicted molar refractivity (Wildman–Crippen MR) is 61.0 cm³/mol. The molecule has 14 heavy (non-hydrogen) atoms. The molecule has 0 spiro atoms. The summed E-state index contributed by atoms with van der Waals surface area (Å²) < 4.78 is 12.7. The van der Waals surface area contributed by atoms with Crippen molar-refractivity contribution in [3.05, 3.63) is 28.5 Å². The first-order valence-corrected chi connectivity index (χ1v) is 7.54. The van der Waals surface area contributed by atoms with Gasteiger partial charge in [0.25, 0.3) is 0 Å². The van der Waals surface area contributed by atoms with E-state index in [4.69, 9.17) is 0 Å². The van der Waals surface area contributed by atoms with Crippen molar-refractivity contribution in [2.24, 2.45) is 0 Å². The second kappa shape index (κ2) is 3.76. The third-order valence-electron chi connectivity index (χ3n) is 2.26. The van der Waals surface area contributed by atoms with Gasteiger partial charge in [-0.2, -0.15) is 0 Å². The standard InChI is InChI=1S/C9H13BrNO2P/c1-9(12,14(2,3)13)8-5-4-7(10)6-11-8/h4-6,12H,1-3H3. The molecule has 0 fully saturated rings. The summed E-state index contributed by atoms with van der Waals surface area (Å²) in [7, 11) is -2.63. The van der Waals surface area contributed by atoms with Crippen molar-refractivity contribution in [2.75, 3.05) is 13.3 Å². The molecule has 1 unspecified atom stereocenters. The van der Waals surface area contributed by atoms with E-state index in [1.54, 1.807) is 31.7 Å². The monoisotopic (exact) mass is 277 g/mol. The molecule has 0 saturated carbocycles. The minimum Gasteiger partial charge on any atom is -0.376 e. The minimum absolute atomic E-state index is 0.439. The maximum atomic E-state index is 11.8. The smallest absolute Gasteiger partial charge is 0.155 e. The van der Waals surface area contributed by atoms with Gasteiger partial charge in [0.2, 0.25) is 0 Å². The van der Waals surface area contributed by atoms with Gasteiger partial charge in [0.05, 0.1) is 5.69 Å². The second-order valence-electron chi connectivity index (χ2n) is 3.73. The van der Waals surface area contributed by atoms with Crippen LogP contribution in [0.5, 0.6) is 0 Å². The Bertz CT molecular complexity index is 369. The molecular weight excluding hydrogens is 265 g/mol. The Kier molecular flexibility index (Phi) is 3.20. The topological polar surface area (TPSA) is 50.2 Å². The van der Waals surface area contributed by atoms with Crippen LogP contribution < -0.4 is 0 Å². The number of nitrogens with zero attached hydrogens (tertiary/aromatic N) is 1. The molecule has 3 nitrogen and oxygen atoms in total. The third kappa shape index (κ3) is 2.25. The molecule has 0 aromatic carbocycles. The van der Waals surface area contributed by atoms with Crippen molar-refractivity contribution in [3.63, 3.8) is 0 Å². The average molecular weight is 278 g/mol. The van der Waals surface area contributed by atoms with Crippen molar-refractivity contribution in [1.82, 2.24) is 4.98 Å². The molecule has 1 heterocycles. The summed E-state index contributed by atoms with van der Waals surface area (Å²) in [5, 5.41) is 8.72. The molecular formula is C9H13BrNO2P. The lowest BCUT2D eigenvalue weighted by Gasteiger charge is -2.27. The molecule has 0 aliphatic carbocycles. The highest BCUT2D eigenvalue weighted by atomic mass is 79.9. The Morgan fingerprint density at radius 1 is 1.50 bits per heavy atom. The summed E-state index contributed by atoms with van der Waals surface area (Å²) in [5.74, 6) is 0. The van der Waals surface area contributed by atoms with E-state index in [0.29, 0.717) is 5.69 Å². The van der Waals surface area contributed by atoms with Gasteiger partial charge in [0, 0.05) is 10.7 Å². The Labute approximate surface area is 92.1 Å². The molecule has 1 atom stereocenters. The maximum absolute atomic E-state index is 11.8. The van der Waals surface area contributed by atoms with Crippen LogP contribution in [0.2, 0.25) is 0 Å². The SMILES string of the molecule is CC(O)(c1ccc(Br)cn1)P(C)(C)=O. The first-order chi connectivity index (χ1) is 6.25. The van der Waals surface area contributed by atoms with E-state index in [9.17, 15) is 9.67 Å². The fourth-order valence-electron chi connectivity index (χ4n) is 0.932. The molecule has 0 amide bonds. The molecule has 1 N–H and O–H groups in total. The van der Waals surface area contributed by atoms with E-state index in [1.165, 1.54) is 6.92 Å². The summed E-state index contributed by atoms with van der Waals surface area (Å²) >= 11 is 3.25. The van der Waals surface area contributed by atoms with Crippen LogP contribution >= 0.6 is 23.1 Å². The fourth-order valence-corrected chi connectivity index (χ4v) is 1.85. The van der Waals surface area contributed by atoms with E-state index in [-0.39, 0.29) is 0 Å². The quantitative estimate of drug-likeness (QED) is 0.846. The number of hydrogen-bond donors (Lipinski definition) is 1. The van der Waals surface area contributed by atoms with E-state index < -0.39 is 12.5 Å². The summed E-state index contributed by atoms with van der Waals surface area (Å²) in [5.41, 5.74) is 0.439. The number of halogens is 1. The van der Waals surface area contributed by atoms with Gasteiger partial charge in [-0.05, 0) is 48.3 Å². The second-order valence-corrected chi connectivity index (χ2v) is 8.22. The largest absolute Gasteiger partial charge is 0.376 e. The number of pyridine rings is 1. The van der Waals surface area contributed by atoms with Gasteiger partial charge in [-0.3, -0.25) is 4.98 Å². The van der Waals surface area contributed by atoms with Crippen molar-refractivity contribution >= 4 is 23.1 Å². The zero-order valence-electron chi connectivity index (χ0n) is 8.36. The molecule has 1 aromatic rings. The van der Waals surface area contributed by atoms with Gasteiger partial charge in [-0.1, -0.05) is 0 Å². The fraction of sp³-hybridized carbons (Fsp3) is 0.444. The lowest BCUT2D eigenvalue weighted by molar-refractivity contribution is 0.139. The molecule has 78 valence electrons. The van der Waals surface area contributed by atoms with E-state index in [0.717, 1.165) is 4.47 Å². The first-order valence-electron chi connectivity index (χ1n) is 4.14. The third-order valence-corrected chi connectivity index (χ3v) is 5.06. The van der Waals surface area contributed by atoms with Gasteiger partial charge in [0.1, 0.15) is 7.14 Å². The zero-order valence-corrected chi connectivity index (χ0v) is 10.8. The van der Waals surface area contributed by atoms with Crippen LogP contribution in [0, 0.1) is 0 Å².